The zero-order chi connectivity index (χ0) is 12.8. The van der Waals surface area contributed by atoms with Crippen LogP contribution in [0.5, 0.6) is 0 Å². The number of carbonyl (C=O) groups excluding carboxylic acids is 1. The summed E-state index contributed by atoms with van der Waals surface area (Å²) in [5.41, 5.74) is 1.67. The predicted molar refractivity (Wildman–Crippen MR) is 75.9 cm³/mol. The number of nitrogens with one attached hydrogen (secondary N) is 1. The van der Waals surface area contributed by atoms with E-state index >= 15 is 0 Å². The Morgan fingerprint density at radius 2 is 2.00 bits per heavy atom. The smallest absolute Gasteiger partial charge is 0.251 e. The maximum Gasteiger partial charge on any atom is 0.251 e. The normalized spacial score (nSPS) is 19.3. The van der Waals surface area contributed by atoms with Crippen LogP contribution in [0.2, 0.25) is 5.02 Å². The van der Waals surface area contributed by atoms with Crippen molar-refractivity contribution in [1.82, 2.24) is 0 Å². The van der Waals surface area contributed by atoms with Crippen molar-refractivity contribution < 1.29 is 4.79 Å². The molecular formula is C15H18ClNO. The molecule has 96 valence electrons. The first-order chi connectivity index (χ1) is 8.75. The Kier molecular flexibility index (Phi) is 4.82. The van der Waals surface area contributed by atoms with E-state index in [1.54, 1.807) is 12.1 Å². The molecule has 1 N–H and O–H groups in total. The molecule has 0 atom stereocenters. The molecule has 0 saturated carbocycles. The molecule has 1 aliphatic carbocycles. The third-order valence-electron chi connectivity index (χ3n) is 3.17. The van der Waals surface area contributed by atoms with Gasteiger partial charge in [0.15, 0.2) is 0 Å². The van der Waals surface area contributed by atoms with Crippen LogP contribution in [0.1, 0.15) is 38.5 Å². The summed E-state index contributed by atoms with van der Waals surface area (Å²) in [5, 5.41) is 3.55. The second-order valence-corrected chi connectivity index (χ2v) is 5.08. The number of rotatable bonds is 2. The van der Waals surface area contributed by atoms with Gasteiger partial charge in [0.1, 0.15) is 0 Å². The average molecular weight is 264 g/mol. The van der Waals surface area contributed by atoms with Gasteiger partial charge in [-0.1, -0.05) is 36.6 Å². The summed E-state index contributed by atoms with van der Waals surface area (Å²) in [6.45, 7) is 0. The number of allylic oxidation sites excluding steroid dienone is 1. The van der Waals surface area contributed by atoms with Crippen molar-refractivity contribution in [2.45, 2.75) is 38.5 Å². The predicted octanol–water partition coefficient (Wildman–Crippen LogP) is 4.56. The number of amides is 1. The maximum absolute atomic E-state index is 12.1. The summed E-state index contributed by atoms with van der Waals surface area (Å²) < 4.78 is 0. The average Bonchev–Trinajstić information content (AvgIpc) is 2.28. The molecule has 0 bridgehead atoms. The van der Waals surface area contributed by atoms with E-state index in [0.29, 0.717) is 5.02 Å². The molecule has 0 aromatic heterocycles. The van der Waals surface area contributed by atoms with Crippen molar-refractivity contribution in [3.05, 3.63) is 40.9 Å². The van der Waals surface area contributed by atoms with Gasteiger partial charge in [0.2, 0.25) is 0 Å². The first-order valence-electron chi connectivity index (χ1n) is 6.51. The molecule has 2 rings (SSSR count). The van der Waals surface area contributed by atoms with E-state index < -0.39 is 0 Å². The van der Waals surface area contributed by atoms with E-state index in [9.17, 15) is 4.79 Å². The van der Waals surface area contributed by atoms with Crippen molar-refractivity contribution in [2.75, 3.05) is 5.32 Å². The van der Waals surface area contributed by atoms with Crippen molar-refractivity contribution in [2.24, 2.45) is 0 Å². The fourth-order valence-corrected chi connectivity index (χ4v) is 2.37. The highest BCUT2D eigenvalue weighted by Crippen LogP contribution is 2.20. The molecular weight excluding hydrogens is 246 g/mol. The number of hydrogen-bond donors (Lipinski definition) is 1. The Morgan fingerprint density at radius 1 is 1.17 bits per heavy atom. The zero-order valence-corrected chi connectivity index (χ0v) is 11.2. The molecule has 1 aromatic carbocycles. The molecule has 0 saturated heterocycles. The van der Waals surface area contributed by atoms with Gasteiger partial charge >= 0.3 is 0 Å². The number of hydrogen-bond acceptors (Lipinski definition) is 1. The van der Waals surface area contributed by atoms with Gasteiger partial charge in [-0.25, -0.2) is 0 Å². The lowest BCUT2D eigenvalue weighted by atomic mass is 9.99. The van der Waals surface area contributed by atoms with Crippen LogP contribution < -0.4 is 5.32 Å². The van der Waals surface area contributed by atoms with E-state index in [0.717, 1.165) is 30.5 Å². The van der Waals surface area contributed by atoms with Crippen molar-refractivity contribution >= 4 is 23.2 Å². The molecule has 1 aliphatic rings. The number of halogens is 1. The minimum atomic E-state index is 0.0131. The number of carbonyl (C=O) groups is 1. The second-order valence-electron chi connectivity index (χ2n) is 4.65. The molecule has 0 spiro atoms. The SMILES string of the molecule is O=C(Nc1cccc(Cl)c1)/C1=C/CCCCCC1. The fraction of sp³-hybridized carbons (Fsp3) is 0.400. The van der Waals surface area contributed by atoms with Crippen molar-refractivity contribution in [3.63, 3.8) is 0 Å². The lowest BCUT2D eigenvalue weighted by Crippen LogP contribution is -2.15. The molecule has 0 unspecified atom stereocenters. The Labute approximate surface area is 113 Å². The Morgan fingerprint density at radius 3 is 2.83 bits per heavy atom. The van der Waals surface area contributed by atoms with Crippen LogP contribution >= 0.6 is 11.6 Å². The summed E-state index contributed by atoms with van der Waals surface area (Å²) >= 11 is 5.90. The van der Waals surface area contributed by atoms with Gasteiger partial charge in [-0.15, -0.1) is 0 Å². The minimum Gasteiger partial charge on any atom is -0.322 e. The molecule has 0 aliphatic heterocycles. The summed E-state index contributed by atoms with van der Waals surface area (Å²) in [6, 6.07) is 7.26. The van der Waals surface area contributed by atoms with Crippen LogP contribution in [0.15, 0.2) is 35.9 Å². The van der Waals surface area contributed by atoms with Crippen molar-refractivity contribution in [3.8, 4) is 0 Å². The molecule has 1 amide bonds. The topological polar surface area (TPSA) is 29.1 Å². The first-order valence-corrected chi connectivity index (χ1v) is 6.89. The largest absolute Gasteiger partial charge is 0.322 e. The minimum absolute atomic E-state index is 0.0131. The standard InChI is InChI=1S/C15H18ClNO/c16-13-9-6-10-14(11-13)17-15(18)12-7-4-2-1-3-5-8-12/h6-7,9-11H,1-5,8H2,(H,17,18)/b12-7+. The van der Waals surface area contributed by atoms with Crippen LogP contribution in [0.25, 0.3) is 0 Å². The highest BCUT2D eigenvalue weighted by molar-refractivity contribution is 6.30. The van der Waals surface area contributed by atoms with Gasteiger partial charge in [-0.3, -0.25) is 4.79 Å². The fourth-order valence-electron chi connectivity index (χ4n) is 2.18. The lowest BCUT2D eigenvalue weighted by Gasteiger charge is -2.12. The lowest BCUT2D eigenvalue weighted by molar-refractivity contribution is -0.113. The van der Waals surface area contributed by atoms with Gasteiger partial charge in [0.25, 0.3) is 5.91 Å². The van der Waals surface area contributed by atoms with Crippen molar-refractivity contribution in [1.29, 1.82) is 0 Å². The summed E-state index contributed by atoms with van der Waals surface area (Å²) in [4.78, 5) is 12.1. The molecule has 0 radical (unpaired) electrons. The molecule has 0 fully saturated rings. The summed E-state index contributed by atoms with van der Waals surface area (Å²) in [5.74, 6) is 0.0131. The molecule has 2 nitrogen and oxygen atoms in total. The van der Waals surface area contributed by atoms with Gasteiger partial charge in [0.05, 0.1) is 0 Å². The molecule has 0 heterocycles. The molecule has 3 heteroatoms. The van der Waals surface area contributed by atoms with Gasteiger partial charge < -0.3 is 5.32 Å². The summed E-state index contributed by atoms with van der Waals surface area (Å²) in [7, 11) is 0. The van der Waals surface area contributed by atoms with E-state index in [4.69, 9.17) is 11.6 Å². The third-order valence-corrected chi connectivity index (χ3v) is 3.40. The van der Waals surface area contributed by atoms with Crippen LogP contribution in [0, 0.1) is 0 Å². The number of benzene rings is 1. The highest BCUT2D eigenvalue weighted by Gasteiger charge is 2.11. The highest BCUT2D eigenvalue weighted by atomic mass is 35.5. The molecule has 18 heavy (non-hydrogen) atoms. The summed E-state index contributed by atoms with van der Waals surface area (Å²) in [6.07, 6.45) is 8.77. The van der Waals surface area contributed by atoms with E-state index in [-0.39, 0.29) is 5.91 Å². The Bertz CT molecular complexity index is 454. The van der Waals surface area contributed by atoms with E-state index in [2.05, 4.69) is 11.4 Å². The maximum atomic E-state index is 12.1. The van der Waals surface area contributed by atoms with E-state index in [1.165, 1.54) is 19.3 Å². The van der Waals surface area contributed by atoms with Gasteiger partial charge in [-0.05, 0) is 43.9 Å². The van der Waals surface area contributed by atoms with E-state index in [1.807, 2.05) is 12.1 Å². The van der Waals surface area contributed by atoms with Gasteiger partial charge in [-0.2, -0.15) is 0 Å². The first kappa shape index (κ1) is 13.2. The Balaban J connectivity index is 2.02. The monoisotopic (exact) mass is 263 g/mol. The molecule has 1 aromatic rings. The third kappa shape index (κ3) is 3.88. The van der Waals surface area contributed by atoms with Crippen LogP contribution in [-0.2, 0) is 4.79 Å². The number of anilines is 1. The second kappa shape index (κ2) is 6.60. The van der Waals surface area contributed by atoms with Crippen LogP contribution in [-0.4, -0.2) is 5.91 Å². The Hall–Kier alpha value is -1.28. The zero-order valence-electron chi connectivity index (χ0n) is 10.4. The van der Waals surface area contributed by atoms with Gasteiger partial charge in [0, 0.05) is 16.3 Å². The quantitative estimate of drug-likeness (QED) is 0.833. The van der Waals surface area contributed by atoms with Crippen LogP contribution in [0.4, 0.5) is 5.69 Å². The van der Waals surface area contributed by atoms with Crippen LogP contribution in [0.3, 0.4) is 0 Å².